The molecule has 0 saturated heterocycles. The van der Waals surface area contributed by atoms with Gasteiger partial charge in [0.15, 0.2) is 0 Å². The number of pyridine rings is 1. The van der Waals surface area contributed by atoms with Crippen LogP contribution >= 0.6 is 11.8 Å². The number of aromatic nitrogens is 4. The second-order valence-electron chi connectivity index (χ2n) is 6.33. The van der Waals surface area contributed by atoms with Crippen LogP contribution < -0.4 is 5.32 Å². The Morgan fingerprint density at radius 2 is 2.00 bits per heavy atom. The van der Waals surface area contributed by atoms with E-state index in [4.69, 9.17) is 0 Å². The van der Waals surface area contributed by atoms with Crippen molar-refractivity contribution in [3.8, 4) is 0 Å². The van der Waals surface area contributed by atoms with Crippen molar-refractivity contribution in [1.82, 2.24) is 24.3 Å². The van der Waals surface area contributed by atoms with Gasteiger partial charge in [0.25, 0.3) is 0 Å². The molecule has 27 heavy (non-hydrogen) atoms. The summed E-state index contributed by atoms with van der Waals surface area (Å²) in [6, 6.07) is 13.9. The van der Waals surface area contributed by atoms with Crippen LogP contribution in [0, 0.1) is 0 Å². The van der Waals surface area contributed by atoms with E-state index in [1.165, 1.54) is 0 Å². The minimum absolute atomic E-state index is 0.00993. The van der Waals surface area contributed by atoms with E-state index in [2.05, 4.69) is 15.3 Å². The van der Waals surface area contributed by atoms with Gasteiger partial charge in [0.2, 0.25) is 5.91 Å². The average Bonchev–Trinajstić information content (AvgIpc) is 3.23. The highest BCUT2D eigenvalue weighted by atomic mass is 32.2. The predicted molar refractivity (Wildman–Crippen MR) is 109 cm³/mol. The minimum Gasteiger partial charge on any atom is -0.354 e. The standard InChI is InChI=1S/C20H21N5OS/c1-27-14-19-23-16-6-2-3-7-17(16)25(19)13-20(26)21-10-9-15-12-24-11-5-4-8-18(24)22-15/h2-8,11-12H,9-10,13-14H2,1H3,(H,21,26). The quantitative estimate of drug-likeness (QED) is 0.536. The first-order chi connectivity index (χ1) is 13.2. The highest BCUT2D eigenvalue weighted by Gasteiger charge is 2.13. The molecule has 1 amide bonds. The number of benzene rings is 1. The molecule has 7 heteroatoms. The Labute approximate surface area is 161 Å². The van der Waals surface area contributed by atoms with Crippen molar-refractivity contribution >= 4 is 34.3 Å². The van der Waals surface area contributed by atoms with Crippen molar-refractivity contribution in [1.29, 1.82) is 0 Å². The van der Waals surface area contributed by atoms with Crippen LogP contribution in [0.1, 0.15) is 11.5 Å². The van der Waals surface area contributed by atoms with Crippen LogP contribution in [0.2, 0.25) is 0 Å². The molecule has 138 valence electrons. The van der Waals surface area contributed by atoms with Gasteiger partial charge in [0, 0.05) is 25.4 Å². The van der Waals surface area contributed by atoms with Gasteiger partial charge in [0.05, 0.1) is 22.5 Å². The summed E-state index contributed by atoms with van der Waals surface area (Å²) in [4.78, 5) is 21.7. The van der Waals surface area contributed by atoms with E-state index >= 15 is 0 Å². The van der Waals surface area contributed by atoms with Gasteiger partial charge in [-0.3, -0.25) is 4.79 Å². The number of carbonyl (C=O) groups excluding carboxylic acids is 1. The van der Waals surface area contributed by atoms with Crippen LogP contribution in [0.4, 0.5) is 0 Å². The fourth-order valence-corrected chi connectivity index (χ4v) is 3.66. The fourth-order valence-electron chi connectivity index (χ4n) is 3.18. The summed E-state index contributed by atoms with van der Waals surface area (Å²) in [7, 11) is 0. The molecule has 0 aliphatic heterocycles. The van der Waals surface area contributed by atoms with E-state index < -0.39 is 0 Å². The maximum absolute atomic E-state index is 12.5. The monoisotopic (exact) mass is 379 g/mol. The zero-order valence-corrected chi connectivity index (χ0v) is 15.9. The molecular formula is C20H21N5OS. The lowest BCUT2D eigenvalue weighted by molar-refractivity contribution is -0.121. The normalized spacial score (nSPS) is 11.3. The Hall–Kier alpha value is -2.80. The molecule has 4 rings (SSSR count). The molecule has 1 aromatic carbocycles. The summed E-state index contributed by atoms with van der Waals surface area (Å²) < 4.78 is 4.00. The number of imidazole rings is 2. The van der Waals surface area contributed by atoms with Gasteiger partial charge in [-0.25, -0.2) is 9.97 Å². The van der Waals surface area contributed by atoms with Crippen LogP contribution in [0.15, 0.2) is 54.9 Å². The number of rotatable bonds is 7. The molecule has 0 radical (unpaired) electrons. The van der Waals surface area contributed by atoms with E-state index in [0.717, 1.165) is 34.0 Å². The number of nitrogens with zero attached hydrogens (tertiary/aromatic N) is 4. The second-order valence-corrected chi connectivity index (χ2v) is 7.20. The molecule has 0 aliphatic rings. The molecule has 3 aromatic heterocycles. The zero-order valence-electron chi connectivity index (χ0n) is 15.1. The number of para-hydroxylation sites is 2. The predicted octanol–water partition coefficient (Wildman–Crippen LogP) is 2.91. The van der Waals surface area contributed by atoms with E-state index in [0.29, 0.717) is 13.0 Å². The molecule has 4 aromatic rings. The van der Waals surface area contributed by atoms with Crippen molar-refractivity contribution in [3.05, 3.63) is 66.4 Å². The lowest BCUT2D eigenvalue weighted by Gasteiger charge is -2.09. The summed E-state index contributed by atoms with van der Waals surface area (Å²) in [6.07, 6.45) is 6.72. The number of carbonyl (C=O) groups is 1. The first-order valence-corrected chi connectivity index (χ1v) is 10.3. The van der Waals surface area contributed by atoms with Crippen molar-refractivity contribution < 1.29 is 4.79 Å². The molecule has 0 saturated carbocycles. The van der Waals surface area contributed by atoms with Crippen LogP contribution in [-0.2, 0) is 23.5 Å². The average molecular weight is 379 g/mol. The molecule has 0 atom stereocenters. The lowest BCUT2D eigenvalue weighted by Crippen LogP contribution is -2.30. The molecule has 1 N–H and O–H groups in total. The Kier molecular flexibility index (Phi) is 5.11. The summed E-state index contributed by atoms with van der Waals surface area (Å²) in [6.45, 7) is 0.842. The summed E-state index contributed by atoms with van der Waals surface area (Å²) in [5.74, 6) is 1.70. The fraction of sp³-hybridized carbons (Fsp3) is 0.250. The third-order valence-electron chi connectivity index (χ3n) is 4.43. The highest BCUT2D eigenvalue weighted by Crippen LogP contribution is 2.18. The third-order valence-corrected chi connectivity index (χ3v) is 4.97. The van der Waals surface area contributed by atoms with Crippen LogP contribution in [-0.4, -0.2) is 37.6 Å². The highest BCUT2D eigenvalue weighted by molar-refractivity contribution is 7.97. The molecule has 0 spiro atoms. The van der Waals surface area contributed by atoms with Gasteiger partial charge < -0.3 is 14.3 Å². The van der Waals surface area contributed by atoms with E-state index in [1.54, 1.807) is 11.8 Å². The first-order valence-electron chi connectivity index (χ1n) is 8.87. The molecule has 0 aliphatic carbocycles. The molecule has 6 nitrogen and oxygen atoms in total. The second kappa shape index (κ2) is 7.84. The van der Waals surface area contributed by atoms with Crippen molar-refractivity contribution in [2.75, 3.05) is 12.8 Å². The number of nitrogens with one attached hydrogen (secondary N) is 1. The Balaban J connectivity index is 1.40. The van der Waals surface area contributed by atoms with Gasteiger partial charge in [-0.05, 0) is 30.5 Å². The van der Waals surface area contributed by atoms with Gasteiger partial charge in [0.1, 0.15) is 18.0 Å². The Bertz CT molecular complexity index is 1050. The van der Waals surface area contributed by atoms with E-state index in [-0.39, 0.29) is 12.5 Å². The van der Waals surface area contributed by atoms with E-state index in [9.17, 15) is 4.79 Å². The van der Waals surface area contributed by atoms with Crippen LogP contribution in [0.3, 0.4) is 0 Å². The number of amides is 1. The Morgan fingerprint density at radius 3 is 2.85 bits per heavy atom. The molecular weight excluding hydrogens is 358 g/mol. The Morgan fingerprint density at radius 1 is 1.15 bits per heavy atom. The molecule has 0 unspecified atom stereocenters. The largest absolute Gasteiger partial charge is 0.354 e. The maximum atomic E-state index is 12.5. The van der Waals surface area contributed by atoms with Crippen molar-refractivity contribution in [2.45, 2.75) is 18.7 Å². The van der Waals surface area contributed by atoms with Gasteiger partial charge in [-0.1, -0.05) is 18.2 Å². The van der Waals surface area contributed by atoms with E-state index in [1.807, 2.05) is 70.1 Å². The lowest BCUT2D eigenvalue weighted by atomic mass is 10.3. The summed E-state index contributed by atoms with van der Waals surface area (Å²) in [5.41, 5.74) is 3.82. The van der Waals surface area contributed by atoms with Gasteiger partial charge in [-0.15, -0.1) is 0 Å². The summed E-state index contributed by atoms with van der Waals surface area (Å²) >= 11 is 1.70. The molecule has 3 heterocycles. The van der Waals surface area contributed by atoms with Gasteiger partial charge in [-0.2, -0.15) is 11.8 Å². The number of hydrogen-bond donors (Lipinski definition) is 1. The smallest absolute Gasteiger partial charge is 0.240 e. The molecule has 0 fully saturated rings. The topological polar surface area (TPSA) is 64.2 Å². The van der Waals surface area contributed by atoms with Gasteiger partial charge >= 0.3 is 0 Å². The number of thioether (sulfide) groups is 1. The SMILES string of the molecule is CSCc1nc2ccccc2n1CC(=O)NCCc1cn2ccccc2n1. The minimum atomic E-state index is -0.00993. The zero-order chi connectivity index (χ0) is 18.6. The van der Waals surface area contributed by atoms with Crippen molar-refractivity contribution in [3.63, 3.8) is 0 Å². The van der Waals surface area contributed by atoms with Crippen molar-refractivity contribution in [2.24, 2.45) is 0 Å². The molecule has 0 bridgehead atoms. The van der Waals surface area contributed by atoms with Crippen LogP contribution in [0.25, 0.3) is 16.7 Å². The number of fused-ring (bicyclic) bond motifs is 2. The first kappa shape index (κ1) is 17.6. The third kappa shape index (κ3) is 3.83. The maximum Gasteiger partial charge on any atom is 0.240 e. The summed E-state index contributed by atoms with van der Waals surface area (Å²) in [5, 5.41) is 3.00. The number of hydrogen-bond acceptors (Lipinski definition) is 4. The van der Waals surface area contributed by atoms with Crippen LogP contribution in [0.5, 0.6) is 0 Å².